The number of rotatable bonds is 5. The lowest BCUT2D eigenvalue weighted by Crippen LogP contribution is -2.33. The van der Waals surface area contributed by atoms with Crippen LogP contribution in [0.15, 0.2) is 41.3 Å². The van der Waals surface area contributed by atoms with Crippen molar-refractivity contribution in [2.45, 2.75) is 6.42 Å². The lowest BCUT2D eigenvalue weighted by atomic mass is 10.0. The Hall–Kier alpha value is -2.38. The first-order valence-electron chi connectivity index (χ1n) is 7.52. The van der Waals surface area contributed by atoms with Gasteiger partial charge in [-0.3, -0.25) is 9.69 Å². The zero-order valence-corrected chi connectivity index (χ0v) is 15.0. The van der Waals surface area contributed by atoms with E-state index in [1.165, 1.54) is 4.90 Å². The molecule has 0 bridgehead atoms. The Bertz CT molecular complexity index is 907. The molecule has 7 heteroatoms. The van der Waals surface area contributed by atoms with E-state index in [0.717, 1.165) is 28.1 Å². The standard InChI is InChI=1S/C18H15NO4S2/c1-23-14-7-6-11-4-2-3-5-12(11)13(14)10-15-17(22)19(18(24)25-15)9-8-16(20)21/h2-7,10H,8-9H2,1H3,(H,20,21)/p-1/b15-10+. The van der Waals surface area contributed by atoms with Gasteiger partial charge in [-0.25, -0.2) is 0 Å². The minimum atomic E-state index is -1.21. The van der Waals surface area contributed by atoms with Crippen molar-refractivity contribution in [2.75, 3.05) is 13.7 Å². The number of amides is 1. The van der Waals surface area contributed by atoms with Crippen LogP contribution in [0.4, 0.5) is 0 Å². The molecule has 2 aromatic carbocycles. The van der Waals surface area contributed by atoms with Crippen LogP contribution in [0.5, 0.6) is 5.75 Å². The molecule has 128 valence electrons. The van der Waals surface area contributed by atoms with Crippen molar-refractivity contribution in [3.8, 4) is 5.75 Å². The molecule has 1 aliphatic heterocycles. The molecule has 25 heavy (non-hydrogen) atoms. The number of carbonyl (C=O) groups excluding carboxylic acids is 2. The number of ether oxygens (including phenoxy) is 1. The van der Waals surface area contributed by atoms with E-state index in [9.17, 15) is 14.7 Å². The average molecular weight is 372 g/mol. The first-order chi connectivity index (χ1) is 12.0. The summed E-state index contributed by atoms with van der Waals surface area (Å²) in [5.41, 5.74) is 0.793. The van der Waals surface area contributed by atoms with Crippen molar-refractivity contribution >= 4 is 57.0 Å². The highest BCUT2D eigenvalue weighted by Crippen LogP contribution is 2.36. The van der Waals surface area contributed by atoms with Crippen LogP contribution < -0.4 is 9.84 Å². The Morgan fingerprint density at radius 3 is 2.80 bits per heavy atom. The number of thiocarbonyl (C=S) groups is 1. The first-order valence-corrected chi connectivity index (χ1v) is 8.74. The molecular weight excluding hydrogens is 358 g/mol. The quantitative estimate of drug-likeness (QED) is 0.592. The molecule has 0 aliphatic carbocycles. The number of carbonyl (C=O) groups is 2. The largest absolute Gasteiger partial charge is 0.550 e. The van der Waals surface area contributed by atoms with E-state index >= 15 is 0 Å². The van der Waals surface area contributed by atoms with Gasteiger partial charge in [0.15, 0.2) is 0 Å². The second kappa shape index (κ2) is 7.25. The van der Waals surface area contributed by atoms with Crippen LogP contribution in [-0.4, -0.2) is 34.8 Å². The number of benzene rings is 2. The van der Waals surface area contributed by atoms with Crippen molar-refractivity contribution in [1.82, 2.24) is 4.90 Å². The minimum absolute atomic E-state index is 0.0109. The van der Waals surface area contributed by atoms with E-state index < -0.39 is 5.97 Å². The molecule has 3 rings (SSSR count). The van der Waals surface area contributed by atoms with Gasteiger partial charge in [0, 0.05) is 24.5 Å². The average Bonchev–Trinajstić information content (AvgIpc) is 2.86. The number of nitrogens with zero attached hydrogens (tertiary/aromatic N) is 1. The summed E-state index contributed by atoms with van der Waals surface area (Å²) in [4.78, 5) is 24.9. The summed E-state index contributed by atoms with van der Waals surface area (Å²) in [6.07, 6.45) is 1.50. The van der Waals surface area contributed by atoms with Gasteiger partial charge in [-0.15, -0.1) is 0 Å². The van der Waals surface area contributed by atoms with Gasteiger partial charge >= 0.3 is 0 Å². The number of aliphatic carboxylic acids is 1. The van der Waals surface area contributed by atoms with Gasteiger partial charge < -0.3 is 14.6 Å². The van der Waals surface area contributed by atoms with Crippen LogP contribution in [0, 0.1) is 0 Å². The number of hydrogen-bond donors (Lipinski definition) is 0. The molecule has 0 radical (unpaired) electrons. The van der Waals surface area contributed by atoms with Crippen molar-refractivity contribution in [3.05, 3.63) is 46.9 Å². The fourth-order valence-corrected chi connectivity index (χ4v) is 3.92. The summed E-state index contributed by atoms with van der Waals surface area (Å²) in [6.45, 7) is 0.0109. The number of carboxylic acids is 1. The number of methoxy groups -OCH3 is 1. The van der Waals surface area contributed by atoms with Gasteiger partial charge in [-0.1, -0.05) is 54.3 Å². The normalized spacial score (nSPS) is 16.0. The molecular formula is C18H14NO4S2-. The molecule has 1 saturated heterocycles. The summed E-state index contributed by atoms with van der Waals surface area (Å²) in [7, 11) is 1.58. The van der Waals surface area contributed by atoms with E-state index in [1.54, 1.807) is 13.2 Å². The first kappa shape index (κ1) is 17.4. The summed E-state index contributed by atoms with van der Waals surface area (Å²) in [5, 5.41) is 12.6. The van der Waals surface area contributed by atoms with E-state index in [2.05, 4.69) is 0 Å². The number of fused-ring (bicyclic) bond motifs is 1. The zero-order valence-electron chi connectivity index (χ0n) is 13.4. The van der Waals surface area contributed by atoms with Gasteiger partial charge in [0.25, 0.3) is 5.91 Å². The Kier molecular flexibility index (Phi) is 5.06. The van der Waals surface area contributed by atoms with Crippen LogP contribution in [0.2, 0.25) is 0 Å². The second-order valence-corrected chi connectivity index (χ2v) is 7.03. The third-order valence-corrected chi connectivity index (χ3v) is 5.22. The highest BCUT2D eigenvalue weighted by molar-refractivity contribution is 8.26. The van der Waals surface area contributed by atoms with Crippen molar-refractivity contribution < 1.29 is 19.4 Å². The second-order valence-electron chi connectivity index (χ2n) is 5.36. The molecule has 0 atom stereocenters. The van der Waals surface area contributed by atoms with Gasteiger partial charge in [-0.05, 0) is 22.9 Å². The number of hydrogen-bond acceptors (Lipinski definition) is 6. The molecule has 1 fully saturated rings. The van der Waals surface area contributed by atoms with Gasteiger partial charge in [0.05, 0.1) is 12.0 Å². The van der Waals surface area contributed by atoms with Gasteiger partial charge in [0.1, 0.15) is 10.1 Å². The van der Waals surface area contributed by atoms with Crippen LogP contribution >= 0.6 is 24.0 Å². The monoisotopic (exact) mass is 372 g/mol. The summed E-state index contributed by atoms with van der Waals surface area (Å²) >= 11 is 6.36. The Balaban J connectivity index is 2.01. The Morgan fingerprint density at radius 1 is 1.32 bits per heavy atom. The van der Waals surface area contributed by atoms with Gasteiger partial charge in [0.2, 0.25) is 0 Å². The molecule has 1 heterocycles. The van der Waals surface area contributed by atoms with Crippen LogP contribution in [0.25, 0.3) is 16.8 Å². The minimum Gasteiger partial charge on any atom is -0.550 e. The number of carboxylic acid groups (broad SMARTS) is 1. The van der Waals surface area contributed by atoms with E-state index in [0.29, 0.717) is 15.0 Å². The Labute approximate surface area is 154 Å². The third-order valence-electron chi connectivity index (χ3n) is 3.84. The smallest absolute Gasteiger partial charge is 0.266 e. The number of thioether (sulfide) groups is 1. The van der Waals surface area contributed by atoms with Crippen molar-refractivity contribution in [1.29, 1.82) is 0 Å². The van der Waals surface area contributed by atoms with Crippen molar-refractivity contribution in [3.63, 3.8) is 0 Å². The molecule has 0 unspecified atom stereocenters. The van der Waals surface area contributed by atoms with Crippen LogP contribution in [0.3, 0.4) is 0 Å². The summed E-state index contributed by atoms with van der Waals surface area (Å²) in [6, 6.07) is 11.6. The highest BCUT2D eigenvalue weighted by Gasteiger charge is 2.32. The maximum Gasteiger partial charge on any atom is 0.266 e. The predicted molar refractivity (Wildman–Crippen MR) is 100 cm³/mol. The van der Waals surface area contributed by atoms with E-state index in [-0.39, 0.29) is 18.9 Å². The van der Waals surface area contributed by atoms with Gasteiger partial charge in [-0.2, -0.15) is 0 Å². The lowest BCUT2D eigenvalue weighted by Gasteiger charge is -2.14. The molecule has 0 N–H and O–H groups in total. The summed E-state index contributed by atoms with van der Waals surface area (Å²) < 4.78 is 5.78. The zero-order chi connectivity index (χ0) is 18.0. The maximum atomic E-state index is 12.6. The molecule has 1 aliphatic rings. The highest BCUT2D eigenvalue weighted by atomic mass is 32.2. The summed E-state index contributed by atoms with van der Waals surface area (Å²) in [5.74, 6) is -0.862. The fourth-order valence-electron chi connectivity index (χ4n) is 2.63. The molecule has 0 aromatic heterocycles. The molecule has 5 nitrogen and oxygen atoms in total. The van der Waals surface area contributed by atoms with Crippen molar-refractivity contribution in [2.24, 2.45) is 0 Å². The topological polar surface area (TPSA) is 69.7 Å². The predicted octanol–water partition coefficient (Wildman–Crippen LogP) is 2.19. The van der Waals surface area contributed by atoms with E-state index in [4.69, 9.17) is 17.0 Å². The van der Waals surface area contributed by atoms with Crippen LogP contribution in [-0.2, 0) is 9.59 Å². The Morgan fingerprint density at radius 2 is 2.08 bits per heavy atom. The van der Waals surface area contributed by atoms with E-state index in [1.807, 2.05) is 36.4 Å². The molecule has 1 amide bonds. The molecule has 2 aromatic rings. The third kappa shape index (κ3) is 3.52. The molecule has 0 spiro atoms. The van der Waals surface area contributed by atoms with Crippen LogP contribution in [0.1, 0.15) is 12.0 Å². The molecule has 0 saturated carbocycles. The lowest BCUT2D eigenvalue weighted by molar-refractivity contribution is -0.305. The SMILES string of the molecule is COc1ccc2ccccc2c1/C=C1/SC(=S)N(CCC(=O)[O-])C1=O. The fraction of sp³-hybridized carbons (Fsp3) is 0.167. The maximum absolute atomic E-state index is 12.6.